The lowest BCUT2D eigenvalue weighted by Gasteiger charge is -2.35. The minimum absolute atomic E-state index is 0.0400. The third-order valence-corrected chi connectivity index (χ3v) is 6.30. The molecule has 0 unspecified atom stereocenters. The summed E-state index contributed by atoms with van der Waals surface area (Å²) in [7, 11) is 0. The van der Waals surface area contributed by atoms with Crippen LogP contribution in [0.1, 0.15) is 49.3 Å². The number of aromatic nitrogens is 2. The average Bonchev–Trinajstić information content (AvgIpc) is 2.81. The number of anilines is 1. The molecule has 1 aromatic carbocycles. The van der Waals surface area contributed by atoms with E-state index in [1.807, 2.05) is 35.2 Å². The standard InChI is InChI=1S/C24H33N5O2S/c1-5-21-14-22(29-11-9-28(10-12-29)18(4)30)27-24(26-21)32-16-19-7-6-8-20(13-19)23(31)25-15-17(2)3/h6-8,13-14,17H,5,9-12,15-16H2,1-4H3,(H,25,31). The molecule has 1 aliphatic rings. The Bertz CT molecular complexity index is 942. The number of amides is 2. The third kappa shape index (κ3) is 6.69. The maximum atomic E-state index is 12.4. The normalized spacial score (nSPS) is 14.0. The van der Waals surface area contributed by atoms with Crippen LogP contribution in [0.5, 0.6) is 0 Å². The van der Waals surface area contributed by atoms with Crippen molar-refractivity contribution in [3.8, 4) is 0 Å². The van der Waals surface area contributed by atoms with Crippen LogP contribution in [-0.4, -0.2) is 59.4 Å². The molecule has 8 heteroatoms. The first-order valence-corrected chi connectivity index (χ1v) is 12.2. The Kier molecular flexibility index (Phi) is 8.50. The number of hydrogen-bond acceptors (Lipinski definition) is 6. The summed E-state index contributed by atoms with van der Waals surface area (Å²) in [5, 5.41) is 3.71. The Morgan fingerprint density at radius 1 is 1.12 bits per heavy atom. The summed E-state index contributed by atoms with van der Waals surface area (Å²) in [6.07, 6.45) is 0.835. The number of thioether (sulfide) groups is 1. The van der Waals surface area contributed by atoms with Crippen LogP contribution < -0.4 is 10.2 Å². The summed E-state index contributed by atoms with van der Waals surface area (Å²) >= 11 is 1.58. The van der Waals surface area contributed by atoms with Gasteiger partial charge in [0.15, 0.2) is 5.16 Å². The van der Waals surface area contributed by atoms with E-state index >= 15 is 0 Å². The highest BCUT2D eigenvalue weighted by atomic mass is 32.2. The van der Waals surface area contributed by atoms with E-state index in [9.17, 15) is 9.59 Å². The fourth-order valence-corrected chi connectivity index (χ4v) is 4.28. The van der Waals surface area contributed by atoms with E-state index in [0.717, 1.165) is 54.8 Å². The van der Waals surface area contributed by atoms with Crippen molar-refractivity contribution in [1.82, 2.24) is 20.2 Å². The molecule has 1 fully saturated rings. The zero-order chi connectivity index (χ0) is 23.1. The van der Waals surface area contributed by atoms with Gasteiger partial charge in [0.05, 0.1) is 0 Å². The van der Waals surface area contributed by atoms with Crippen LogP contribution in [0.2, 0.25) is 0 Å². The maximum Gasteiger partial charge on any atom is 0.251 e. The van der Waals surface area contributed by atoms with Crippen LogP contribution in [0.25, 0.3) is 0 Å². The van der Waals surface area contributed by atoms with Crippen LogP contribution in [-0.2, 0) is 17.0 Å². The molecule has 0 spiro atoms. The highest BCUT2D eigenvalue weighted by Crippen LogP contribution is 2.24. The number of carbonyl (C=O) groups excluding carboxylic acids is 2. The summed E-state index contributed by atoms with van der Waals surface area (Å²) in [5.74, 6) is 2.11. The van der Waals surface area contributed by atoms with E-state index in [1.165, 1.54) is 0 Å². The van der Waals surface area contributed by atoms with Gasteiger partial charge in [-0.05, 0) is 30.0 Å². The van der Waals surface area contributed by atoms with E-state index in [-0.39, 0.29) is 11.8 Å². The molecule has 2 amide bonds. The molecule has 3 rings (SSSR count). The second kappa shape index (κ2) is 11.3. The van der Waals surface area contributed by atoms with Crippen LogP contribution in [0.4, 0.5) is 5.82 Å². The van der Waals surface area contributed by atoms with Gasteiger partial charge < -0.3 is 15.1 Å². The van der Waals surface area contributed by atoms with Gasteiger partial charge in [-0.2, -0.15) is 0 Å². The monoisotopic (exact) mass is 455 g/mol. The van der Waals surface area contributed by atoms with Crippen LogP contribution in [0.15, 0.2) is 35.5 Å². The smallest absolute Gasteiger partial charge is 0.251 e. The molecular weight excluding hydrogens is 422 g/mol. The fourth-order valence-electron chi connectivity index (χ4n) is 3.47. The van der Waals surface area contributed by atoms with Crippen molar-refractivity contribution >= 4 is 29.4 Å². The summed E-state index contributed by atoms with van der Waals surface area (Å²) < 4.78 is 0. The van der Waals surface area contributed by atoms with Crippen molar-refractivity contribution in [3.63, 3.8) is 0 Å². The first kappa shape index (κ1) is 24.0. The molecule has 172 valence electrons. The molecule has 1 N–H and O–H groups in total. The molecule has 0 saturated carbocycles. The number of carbonyl (C=O) groups is 2. The number of rotatable bonds is 8. The first-order valence-electron chi connectivity index (χ1n) is 11.2. The Morgan fingerprint density at radius 2 is 1.88 bits per heavy atom. The molecule has 0 bridgehead atoms. The van der Waals surface area contributed by atoms with Gasteiger partial charge >= 0.3 is 0 Å². The Labute approximate surface area is 195 Å². The minimum Gasteiger partial charge on any atom is -0.353 e. The van der Waals surface area contributed by atoms with Crippen molar-refractivity contribution in [1.29, 1.82) is 0 Å². The van der Waals surface area contributed by atoms with Gasteiger partial charge in [0.1, 0.15) is 5.82 Å². The second-order valence-corrected chi connectivity index (χ2v) is 9.38. The quantitative estimate of drug-likeness (QED) is 0.486. The van der Waals surface area contributed by atoms with Crippen LogP contribution >= 0.6 is 11.8 Å². The molecule has 2 aromatic rings. The van der Waals surface area contributed by atoms with Crippen molar-refractivity contribution < 1.29 is 9.59 Å². The molecule has 0 aliphatic carbocycles. The molecule has 1 aromatic heterocycles. The topological polar surface area (TPSA) is 78.4 Å². The predicted molar refractivity (Wildman–Crippen MR) is 129 cm³/mol. The van der Waals surface area contributed by atoms with Gasteiger partial charge in [0, 0.05) is 62.7 Å². The number of hydrogen-bond donors (Lipinski definition) is 1. The highest BCUT2D eigenvalue weighted by molar-refractivity contribution is 7.98. The third-order valence-electron chi connectivity index (χ3n) is 5.38. The number of nitrogens with one attached hydrogen (secondary N) is 1. The van der Waals surface area contributed by atoms with Crippen LogP contribution in [0.3, 0.4) is 0 Å². The molecule has 32 heavy (non-hydrogen) atoms. The molecule has 1 aliphatic heterocycles. The maximum absolute atomic E-state index is 12.4. The largest absolute Gasteiger partial charge is 0.353 e. The van der Waals surface area contributed by atoms with Gasteiger partial charge in [0.2, 0.25) is 5.91 Å². The van der Waals surface area contributed by atoms with Gasteiger partial charge in [-0.3, -0.25) is 9.59 Å². The van der Waals surface area contributed by atoms with Gasteiger partial charge in [-0.25, -0.2) is 9.97 Å². The lowest BCUT2D eigenvalue weighted by molar-refractivity contribution is -0.129. The van der Waals surface area contributed by atoms with Gasteiger partial charge in [-0.1, -0.05) is 44.7 Å². The molecule has 1 saturated heterocycles. The fraction of sp³-hybridized carbons (Fsp3) is 0.500. The van der Waals surface area contributed by atoms with Crippen molar-refractivity contribution in [2.45, 2.75) is 45.0 Å². The second-order valence-electron chi connectivity index (χ2n) is 8.44. The van der Waals surface area contributed by atoms with Gasteiger partial charge in [-0.15, -0.1) is 0 Å². The lowest BCUT2D eigenvalue weighted by atomic mass is 10.1. The molecule has 0 atom stereocenters. The summed E-state index contributed by atoms with van der Waals surface area (Å²) in [6.45, 7) is 11.5. The number of benzene rings is 1. The molecule has 2 heterocycles. The van der Waals surface area contributed by atoms with E-state index in [0.29, 0.717) is 23.8 Å². The lowest BCUT2D eigenvalue weighted by Crippen LogP contribution is -2.48. The van der Waals surface area contributed by atoms with Gasteiger partial charge in [0.25, 0.3) is 5.91 Å². The summed E-state index contributed by atoms with van der Waals surface area (Å²) in [4.78, 5) is 37.6. The van der Waals surface area contributed by atoms with Crippen molar-refractivity contribution in [2.75, 3.05) is 37.6 Å². The highest BCUT2D eigenvalue weighted by Gasteiger charge is 2.20. The van der Waals surface area contributed by atoms with Crippen molar-refractivity contribution in [2.24, 2.45) is 5.92 Å². The summed E-state index contributed by atoms with van der Waals surface area (Å²) in [5.41, 5.74) is 2.75. The SMILES string of the molecule is CCc1cc(N2CCN(C(C)=O)CC2)nc(SCc2cccc(C(=O)NCC(C)C)c2)n1. The van der Waals surface area contributed by atoms with E-state index < -0.39 is 0 Å². The zero-order valence-electron chi connectivity index (χ0n) is 19.4. The van der Waals surface area contributed by atoms with Crippen LogP contribution in [0, 0.1) is 5.92 Å². The minimum atomic E-state index is -0.0400. The number of nitrogens with zero attached hydrogens (tertiary/aromatic N) is 4. The Hall–Kier alpha value is -2.61. The predicted octanol–water partition coefficient (Wildman–Crippen LogP) is 3.39. The Balaban J connectivity index is 1.66. The summed E-state index contributed by atoms with van der Waals surface area (Å²) in [6, 6.07) is 9.78. The van der Waals surface area contributed by atoms with Crippen molar-refractivity contribution in [3.05, 3.63) is 47.2 Å². The Morgan fingerprint density at radius 3 is 2.53 bits per heavy atom. The average molecular weight is 456 g/mol. The van der Waals surface area contributed by atoms with E-state index in [4.69, 9.17) is 9.97 Å². The number of piperazine rings is 1. The van der Waals surface area contributed by atoms with E-state index in [1.54, 1.807) is 18.7 Å². The zero-order valence-corrected chi connectivity index (χ0v) is 20.2. The number of aryl methyl sites for hydroxylation is 1. The molecule has 7 nitrogen and oxygen atoms in total. The van der Waals surface area contributed by atoms with E-state index in [2.05, 4.69) is 31.0 Å². The molecular formula is C24H33N5O2S. The first-order chi connectivity index (χ1) is 15.4. The molecule has 0 radical (unpaired) electrons.